The summed E-state index contributed by atoms with van der Waals surface area (Å²) < 4.78 is 33.7. The van der Waals surface area contributed by atoms with E-state index in [-0.39, 0.29) is 48.7 Å². The second kappa shape index (κ2) is 12.5. The Hall–Kier alpha value is -3.71. The third-order valence-corrected chi connectivity index (χ3v) is 6.10. The SMILES string of the molecule is CCCC#Cc1cnc2c(c1)C(=O)N([C@@H](C)CO)C[C@@H](C)[C@H](CN(C)C(=O)Nc1cc(F)ccc1F)O2. The number of urea groups is 1. The number of hydrogen-bond donors (Lipinski definition) is 2. The maximum atomic E-state index is 14.0. The highest BCUT2D eigenvalue weighted by Crippen LogP contribution is 2.27. The van der Waals surface area contributed by atoms with Crippen LogP contribution in [0.2, 0.25) is 0 Å². The van der Waals surface area contributed by atoms with E-state index in [1.807, 2.05) is 13.8 Å². The summed E-state index contributed by atoms with van der Waals surface area (Å²) in [6, 6.07) is 3.30. The van der Waals surface area contributed by atoms with Crippen LogP contribution in [0.3, 0.4) is 0 Å². The molecule has 37 heavy (non-hydrogen) atoms. The summed E-state index contributed by atoms with van der Waals surface area (Å²) in [5.41, 5.74) is 0.509. The summed E-state index contributed by atoms with van der Waals surface area (Å²) in [6.07, 6.45) is 2.55. The third-order valence-electron chi connectivity index (χ3n) is 6.10. The molecule has 0 spiro atoms. The van der Waals surface area contributed by atoms with Crippen molar-refractivity contribution >= 4 is 17.6 Å². The molecule has 1 aromatic carbocycles. The number of rotatable bonds is 6. The zero-order chi connectivity index (χ0) is 27.1. The van der Waals surface area contributed by atoms with E-state index >= 15 is 0 Å². The highest BCUT2D eigenvalue weighted by atomic mass is 19.1. The van der Waals surface area contributed by atoms with Gasteiger partial charge in [0.25, 0.3) is 5.91 Å². The first-order chi connectivity index (χ1) is 17.6. The Kier molecular flexibility index (Phi) is 9.42. The fourth-order valence-electron chi connectivity index (χ4n) is 3.83. The highest BCUT2D eigenvalue weighted by Gasteiger charge is 2.34. The van der Waals surface area contributed by atoms with Gasteiger partial charge in [0.2, 0.25) is 5.88 Å². The largest absolute Gasteiger partial charge is 0.472 e. The first-order valence-corrected chi connectivity index (χ1v) is 12.2. The lowest BCUT2D eigenvalue weighted by Crippen LogP contribution is -2.50. The summed E-state index contributed by atoms with van der Waals surface area (Å²) in [4.78, 5) is 33.4. The number of benzene rings is 1. The van der Waals surface area contributed by atoms with Crippen molar-refractivity contribution in [1.82, 2.24) is 14.8 Å². The van der Waals surface area contributed by atoms with E-state index in [9.17, 15) is 23.5 Å². The lowest BCUT2D eigenvalue weighted by atomic mass is 10.00. The minimum absolute atomic E-state index is 0.0681. The molecule has 8 nitrogen and oxygen atoms in total. The van der Waals surface area contributed by atoms with E-state index in [0.717, 1.165) is 24.6 Å². The van der Waals surface area contributed by atoms with E-state index in [4.69, 9.17) is 4.74 Å². The fourth-order valence-corrected chi connectivity index (χ4v) is 3.83. The minimum Gasteiger partial charge on any atom is -0.472 e. The van der Waals surface area contributed by atoms with Crippen molar-refractivity contribution in [3.05, 3.63) is 53.2 Å². The second-order valence-electron chi connectivity index (χ2n) is 9.19. The van der Waals surface area contributed by atoms with Gasteiger partial charge in [-0.15, -0.1) is 0 Å². The Morgan fingerprint density at radius 1 is 1.38 bits per heavy atom. The second-order valence-corrected chi connectivity index (χ2v) is 9.19. The summed E-state index contributed by atoms with van der Waals surface area (Å²) in [7, 11) is 1.50. The van der Waals surface area contributed by atoms with Gasteiger partial charge in [-0.25, -0.2) is 18.6 Å². The van der Waals surface area contributed by atoms with Gasteiger partial charge in [0, 0.05) is 43.8 Å². The molecule has 0 fully saturated rings. The molecule has 0 saturated carbocycles. The first kappa shape index (κ1) is 27.9. The van der Waals surface area contributed by atoms with Gasteiger partial charge < -0.3 is 25.0 Å². The molecule has 0 saturated heterocycles. The quantitative estimate of drug-likeness (QED) is 0.571. The maximum absolute atomic E-state index is 14.0. The number of nitrogens with zero attached hydrogens (tertiary/aromatic N) is 3. The molecule has 3 atom stereocenters. The number of nitrogens with one attached hydrogen (secondary N) is 1. The number of unbranched alkanes of at least 4 members (excludes halogenated alkanes) is 1. The van der Waals surface area contributed by atoms with Crippen LogP contribution in [0, 0.1) is 29.4 Å². The highest BCUT2D eigenvalue weighted by molar-refractivity contribution is 5.97. The Labute approximate surface area is 215 Å². The molecule has 0 bridgehead atoms. The smallest absolute Gasteiger partial charge is 0.321 e. The Morgan fingerprint density at radius 3 is 2.84 bits per heavy atom. The molecule has 0 radical (unpaired) electrons. The number of fused-ring (bicyclic) bond motifs is 1. The Morgan fingerprint density at radius 2 is 2.14 bits per heavy atom. The summed E-state index contributed by atoms with van der Waals surface area (Å²) in [5.74, 6) is 4.09. The minimum atomic E-state index is -0.762. The van der Waals surface area contributed by atoms with Crippen LogP contribution in [-0.4, -0.2) is 70.7 Å². The number of carbonyl (C=O) groups excluding carboxylic acids is 2. The number of aliphatic hydroxyl groups is 1. The summed E-state index contributed by atoms with van der Waals surface area (Å²) in [5, 5.41) is 12.1. The molecule has 2 heterocycles. The molecule has 3 amide bonds. The van der Waals surface area contributed by atoms with Crippen LogP contribution >= 0.6 is 0 Å². The number of anilines is 1. The Balaban J connectivity index is 1.88. The van der Waals surface area contributed by atoms with E-state index in [1.54, 1.807) is 17.9 Å². The van der Waals surface area contributed by atoms with Gasteiger partial charge in [0.15, 0.2) is 0 Å². The molecule has 3 rings (SSSR count). The average molecular weight is 515 g/mol. The maximum Gasteiger partial charge on any atom is 0.321 e. The monoisotopic (exact) mass is 514 g/mol. The molecule has 1 aliphatic rings. The van der Waals surface area contributed by atoms with E-state index < -0.39 is 29.8 Å². The van der Waals surface area contributed by atoms with Crippen LogP contribution in [0.15, 0.2) is 30.5 Å². The van der Waals surface area contributed by atoms with Crippen LogP contribution in [0.1, 0.15) is 49.5 Å². The van der Waals surface area contributed by atoms with E-state index in [2.05, 4.69) is 22.1 Å². The fraction of sp³-hybridized carbons (Fsp3) is 0.444. The number of amides is 3. The first-order valence-electron chi connectivity index (χ1n) is 12.2. The molecule has 10 heteroatoms. The molecule has 1 aliphatic heterocycles. The van der Waals surface area contributed by atoms with Crippen LogP contribution in [-0.2, 0) is 0 Å². The number of halogens is 2. The van der Waals surface area contributed by atoms with E-state index in [0.29, 0.717) is 12.0 Å². The molecule has 2 aromatic rings. The van der Waals surface area contributed by atoms with E-state index in [1.165, 1.54) is 18.1 Å². The molecule has 1 aromatic heterocycles. The van der Waals surface area contributed by atoms with Gasteiger partial charge >= 0.3 is 6.03 Å². The number of hydrogen-bond acceptors (Lipinski definition) is 5. The van der Waals surface area contributed by atoms with Gasteiger partial charge in [-0.1, -0.05) is 25.7 Å². The molecular formula is C27H32F2N4O4. The van der Waals surface area contributed by atoms with Crippen molar-refractivity contribution in [3.8, 4) is 17.7 Å². The standard InChI is InChI=1S/C27H32F2N4O4/c1-5-6-7-8-19-11-21-25(30-13-19)37-24(17(2)14-33(26(21)35)18(3)16-34)15-32(4)27(36)31-23-12-20(28)9-10-22(23)29/h9-13,17-18,24,34H,5-6,14-16H2,1-4H3,(H,31,36)/t17-,18+,24+/m1/s1. The average Bonchev–Trinajstić information content (AvgIpc) is 2.88. The van der Waals surface area contributed by atoms with Crippen molar-refractivity contribution in [2.75, 3.05) is 32.1 Å². The number of pyridine rings is 1. The van der Waals surface area contributed by atoms with Crippen molar-refractivity contribution in [2.24, 2.45) is 5.92 Å². The van der Waals surface area contributed by atoms with Gasteiger partial charge in [0.1, 0.15) is 23.3 Å². The van der Waals surface area contributed by atoms with Crippen LogP contribution in [0.5, 0.6) is 5.88 Å². The van der Waals surface area contributed by atoms with Crippen LogP contribution in [0.4, 0.5) is 19.3 Å². The Bertz CT molecular complexity index is 1200. The number of ether oxygens (including phenoxy) is 1. The van der Waals surface area contributed by atoms with Crippen LogP contribution in [0.25, 0.3) is 0 Å². The topological polar surface area (TPSA) is 95.0 Å². The zero-order valence-electron chi connectivity index (χ0n) is 21.4. The molecule has 0 unspecified atom stereocenters. The van der Waals surface area contributed by atoms with Crippen LogP contribution < -0.4 is 10.1 Å². The van der Waals surface area contributed by atoms with Gasteiger partial charge in [-0.2, -0.15) is 0 Å². The number of carbonyl (C=O) groups is 2. The molecule has 0 aliphatic carbocycles. The number of aromatic nitrogens is 1. The normalized spacial score (nSPS) is 17.9. The lowest BCUT2D eigenvalue weighted by molar-refractivity contribution is 0.0356. The lowest BCUT2D eigenvalue weighted by Gasteiger charge is -2.37. The van der Waals surface area contributed by atoms with Crippen molar-refractivity contribution in [3.63, 3.8) is 0 Å². The summed E-state index contributed by atoms with van der Waals surface area (Å²) in [6.45, 7) is 5.72. The number of aliphatic hydroxyl groups excluding tert-OH is 1. The zero-order valence-corrected chi connectivity index (χ0v) is 21.4. The molecule has 2 N–H and O–H groups in total. The van der Waals surface area contributed by atoms with Crippen molar-refractivity contribution in [2.45, 2.75) is 45.8 Å². The predicted molar refractivity (Wildman–Crippen MR) is 135 cm³/mol. The van der Waals surface area contributed by atoms with Gasteiger partial charge in [-0.05, 0) is 31.5 Å². The van der Waals surface area contributed by atoms with Crippen molar-refractivity contribution in [1.29, 1.82) is 0 Å². The number of likely N-dealkylation sites (N-methyl/N-ethyl adjacent to an activating group) is 1. The third kappa shape index (κ3) is 6.95. The van der Waals surface area contributed by atoms with Gasteiger partial charge in [-0.3, -0.25) is 4.79 Å². The molecular weight excluding hydrogens is 482 g/mol. The summed E-state index contributed by atoms with van der Waals surface area (Å²) >= 11 is 0. The molecule has 198 valence electrons. The van der Waals surface area contributed by atoms with Crippen molar-refractivity contribution < 1.29 is 28.2 Å². The van der Waals surface area contributed by atoms with Gasteiger partial charge in [0.05, 0.1) is 24.9 Å². The predicted octanol–water partition coefficient (Wildman–Crippen LogP) is 3.90.